The highest BCUT2D eigenvalue weighted by molar-refractivity contribution is 6.31. The number of hydrogen-bond donors (Lipinski definition) is 2. The molecule has 126 valence electrons. The Hall–Kier alpha value is -2.92. The molecule has 0 spiro atoms. The Balaban J connectivity index is 1.74. The lowest BCUT2D eigenvalue weighted by Crippen LogP contribution is -2.15. The number of aromatic nitrogens is 2. The highest BCUT2D eigenvalue weighted by Crippen LogP contribution is 2.17. The van der Waals surface area contributed by atoms with Gasteiger partial charge in [0.25, 0.3) is 5.91 Å². The summed E-state index contributed by atoms with van der Waals surface area (Å²) in [7, 11) is 0. The first-order chi connectivity index (χ1) is 12.1. The molecule has 2 N–H and O–H groups in total. The molecule has 0 aliphatic rings. The van der Waals surface area contributed by atoms with Gasteiger partial charge in [-0.15, -0.1) is 0 Å². The van der Waals surface area contributed by atoms with E-state index in [1.54, 1.807) is 13.0 Å². The lowest BCUT2D eigenvalue weighted by molar-refractivity contribution is 0.102. The van der Waals surface area contributed by atoms with Crippen LogP contribution in [-0.2, 0) is 6.54 Å². The van der Waals surface area contributed by atoms with Crippen molar-refractivity contribution in [2.75, 3.05) is 10.6 Å². The van der Waals surface area contributed by atoms with E-state index in [4.69, 9.17) is 11.6 Å². The van der Waals surface area contributed by atoms with Crippen molar-refractivity contribution in [2.24, 2.45) is 0 Å². The Morgan fingerprint density at radius 1 is 1.04 bits per heavy atom. The third-order valence-corrected chi connectivity index (χ3v) is 3.89. The van der Waals surface area contributed by atoms with Crippen LogP contribution in [0.1, 0.15) is 21.9 Å². The molecule has 0 saturated carbocycles. The van der Waals surface area contributed by atoms with Gasteiger partial charge in [-0.2, -0.15) is 0 Å². The van der Waals surface area contributed by atoms with Gasteiger partial charge in [-0.3, -0.25) is 4.79 Å². The summed E-state index contributed by atoms with van der Waals surface area (Å²) in [5.74, 6) is 0.811. The van der Waals surface area contributed by atoms with Gasteiger partial charge in [0.2, 0.25) is 0 Å². The highest BCUT2D eigenvalue weighted by Gasteiger charge is 2.11. The number of hydrogen-bond acceptors (Lipinski definition) is 4. The second-order valence-electron chi connectivity index (χ2n) is 5.45. The molecule has 3 rings (SSSR count). The van der Waals surface area contributed by atoms with Gasteiger partial charge >= 0.3 is 0 Å². The summed E-state index contributed by atoms with van der Waals surface area (Å²) in [4.78, 5) is 20.9. The van der Waals surface area contributed by atoms with Crippen molar-refractivity contribution in [1.29, 1.82) is 0 Å². The first kappa shape index (κ1) is 16.9. The molecule has 1 heterocycles. The molecule has 0 unspecified atom stereocenters. The minimum atomic E-state index is -0.280. The normalized spacial score (nSPS) is 10.3. The lowest BCUT2D eigenvalue weighted by atomic mass is 10.2. The molecular weight excluding hydrogens is 336 g/mol. The standard InChI is InChI=1S/C19H17ClN4O/c1-13-22-17(19(25)24-15-8-3-2-4-9-15)11-18(23-13)21-12-14-7-5-6-10-16(14)20/h2-11H,12H2,1H3,(H,24,25)(H,21,22,23). The van der Waals surface area contributed by atoms with Crippen LogP contribution in [0.25, 0.3) is 0 Å². The van der Waals surface area contributed by atoms with E-state index in [9.17, 15) is 4.79 Å². The molecule has 0 saturated heterocycles. The van der Waals surface area contributed by atoms with E-state index in [1.165, 1.54) is 0 Å². The maximum absolute atomic E-state index is 12.4. The molecule has 0 aliphatic carbocycles. The van der Waals surface area contributed by atoms with Crippen molar-refractivity contribution in [3.05, 3.63) is 82.8 Å². The van der Waals surface area contributed by atoms with Gasteiger partial charge < -0.3 is 10.6 Å². The summed E-state index contributed by atoms with van der Waals surface area (Å²) in [6, 6.07) is 18.5. The summed E-state index contributed by atoms with van der Waals surface area (Å²) in [5.41, 5.74) is 1.98. The van der Waals surface area contributed by atoms with E-state index in [2.05, 4.69) is 20.6 Å². The Kier molecular flexibility index (Phi) is 5.26. The van der Waals surface area contributed by atoms with Crippen LogP contribution in [0.3, 0.4) is 0 Å². The zero-order valence-electron chi connectivity index (χ0n) is 13.7. The minimum Gasteiger partial charge on any atom is -0.366 e. The van der Waals surface area contributed by atoms with Crippen molar-refractivity contribution in [2.45, 2.75) is 13.5 Å². The topological polar surface area (TPSA) is 66.9 Å². The van der Waals surface area contributed by atoms with Gasteiger partial charge in [0.1, 0.15) is 17.3 Å². The molecule has 3 aromatic rings. The molecule has 1 amide bonds. The molecule has 5 nitrogen and oxygen atoms in total. The van der Waals surface area contributed by atoms with Gasteiger partial charge in [0.05, 0.1) is 0 Å². The fraction of sp³-hybridized carbons (Fsp3) is 0.105. The molecule has 6 heteroatoms. The van der Waals surface area contributed by atoms with Gasteiger partial charge in [0.15, 0.2) is 0 Å². The van der Waals surface area contributed by atoms with Crippen LogP contribution in [0.5, 0.6) is 0 Å². The molecule has 0 fully saturated rings. The van der Waals surface area contributed by atoms with Crippen molar-refractivity contribution >= 4 is 29.0 Å². The number of aryl methyl sites for hydroxylation is 1. The van der Waals surface area contributed by atoms with Gasteiger partial charge in [0, 0.05) is 23.3 Å². The Morgan fingerprint density at radius 2 is 1.76 bits per heavy atom. The monoisotopic (exact) mass is 352 g/mol. The second-order valence-corrected chi connectivity index (χ2v) is 5.86. The van der Waals surface area contributed by atoms with Crippen LogP contribution in [-0.4, -0.2) is 15.9 Å². The number of benzene rings is 2. The zero-order chi connectivity index (χ0) is 17.6. The lowest BCUT2D eigenvalue weighted by Gasteiger charge is -2.10. The van der Waals surface area contributed by atoms with Crippen molar-refractivity contribution in [3.8, 4) is 0 Å². The zero-order valence-corrected chi connectivity index (χ0v) is 14.4. The van der Waals surface area contributed by atoms with E-state index >= 15 is 0 Å². The summed E-state index contributed by atoms with van der Waals surface area (Å²) < 4.78 is 0. The Bertz CT molecular complexity index is 884. The largest absolute Gasteiger partial charge is 0.366 e. The fourth-order valence-corrected chi connectivity index (χ4v) is 2.52. The number of nitrogens with zero attached hydrogens (tertiary/aromatic N) is 2. The van der Waals surface area contributed by atoms with Crippen LogP contribution in [0.15, 0.2) is 60.7 Å². The minimum absolute atomic E-state index is 0.280. The molecule has 0 radical (unpaired) electrons. The van der Waals surface area contributed by atoms with Crippen LogP contribution in [0, 0.1) is 6.92 Å². The number of halogens is 1. The van der Waals surface area contributed by atoms with E-state index < -0.39 is 0 Å². The van der Waals surface area contributed by atoms with Gasteiger partial charge in [-0.1, -0.05) is 48.0 Å². The van der Waals surface area contributed by atoms with Crippen molar-refractivity contribution in [3.63, 3.8) is 0 Å². The average Bonchev–Trinajstić information content (AvgIpc) is 2.61. The fourth-order valence-electron chi connectivity index (χ4n) is 2.32. The second kappa shape index (κ2) is 7.77. The predicted octanol–water partition coefficient (Wildman–Crippen LogP) is 4.30. The number of anilines is 2. The molecule has 0 aliphatic heterocycles. The number of carbonyl (C=O) groups is 1. The summed E-state index contributed by atoms with van der Waals surface area (Å²) >= 11 is 6.16. The number of rotatable bonds is 5. The summed E-state index contributed by atoms with van der Waals surface area (Å²) in [5, 5.41) is 6.69. The van der Waals surface area contributed by atoms with E-state index in [0.29, 0.717) is 34.6 Å². The Morgan fingerprint density at radius 3 is 2.52 bits per heavy atom. The van der Waals surface area contributed by atoms with Crippen molar-refractivity contribution < 1.29 is 4.79 Å². The highest BCUT2D eigenvalue weighted by atomic mass is 35.5. The van der Waals surface area contributed by atoms with E-state index in [1.807, 2.05) is 54.6 Å². The summed E-state index contributed by atoms with van der Waals surface area (Å²) in [6.45, 7) is 2.26. The van der Waals surface area contributed by atoms with E-state index in [0.717, 1.165) is 5.56 Å². The van der Waals surface area contributed by atoms with Crippen LogP contribution in [0.2, 0.25) is 5.02 Å². The summed E-state index contributed by atoms with van der Waals surface area (Å²) in [6.07, 6.45) is 0. The number of para-hydroxylation sites is 1. The maximum Gasteiger partial charge on any atom is 0.274 e. The third kappa shape index (κ3) is 4.55. The van der Waals surface area contributed by atoms with Crippen LogP contribution < -0.4 is 10.6 Å². The van der Waals surface area contributed by atoms with Crippen LogP contribution in [0.4, 0.5) is 11.5 Å². The van der Waals surface area contributed by atoms with E-state index in [-0.39, 0.29) is 5.91 Å². The average molecular weight is 353 g/mol. The molecule has 25 heavy (non-hydrogen) atoms. The molecule has 0 atom stereocenters. The maximum atomic E-state index is 12.4. The first-order valence-corrected chi connectivity index (χ1v) is 8.19. The third-order valence-electron chi connectivity index (χ3n) is 3.52. The predicted molar refractivity (Wildman–Crippen MR) is 99.9 cm³/mol. The molecule has 1 aromatic heterocycles. The quantitative estimate of drug-likeness (QED) is 0.718. The van der Waals surface area contributed by atoms with Gasteiger partial charge in [-0.25, -0.2) is 9.97 Å². The first-order valence-electron chi connectivity index (χ1n) is 7.81. The number of carbonyl (C=O) groups excluding carboxylic acids is 1. The van der Waals surface area contributed by atoms with Gasteiger partial charge in [-0.05, 0) is 30.7 Å². The SMILES string of the molecule is Cc1nc(NCc2ccccc2Cl)cc(C(=O)Nc2ccccc2)n1. The number of nitrogens with one attached hydrogen (secondary N) is 2. The van der Waals surface area contributed by atoms with Crippen molar-refractivity contribution in [1.82, 2.24) is 9.97 Å². The molecular formula is C19H17ClN4O. The molecule has 2 aromatic carbocycles. The number of amides is 1. The smallest absolute Gasteiger partial charge is 0.274 e. The molecule has 0 bridgehead atoms. The van der Waals surface area contributed by atoms with Crippen LogP contribution >= 0.6 is 11.6 Å². The Labute approximate surface area is 151 Å².